The summed E-state index contributed by atoms with van der Waals surface area (Å²) in [6.45, 7) is 0. The van der Waals surface area contributed by atoms with Crippen molar-refractivity contribution >= 4 is 29.0 Å². The smallest absolute Gasteiger partial charge is 0.00203 e. The molecular weight excluding hydrogens is 168 g/mol. The summed E-state index contributed by atoms with van der Waals surface area (Å²) >= 11 is 0. The molecule has 2 aliphatic carbocycles. The minimum absolute atomic E-state index is 1.24. The Kier molecular flexibility index (Phi) is 0.935. The van der Waals surface area contributed by atoms with Crippen molar-refractivity contribution in [2.75, 3.05) is 0 Å². The van der Waals surface area contributed by atoms with Gasteiger partial charge in [0.05, 0.1) is 0 Å². The lowest BCUT2D eigenvalue weighted by molar-refractivity contribution is 1.66. The summed E-state index contributed by atoms with van der Waals surface area (Å²) in [4.78, 5) is 0. The average molecular weight is 175 g/mol. The quantitative estimate of drug-likeness (QED) is 0.383. The molecule has 2 aliphatic rings. The zero-order chi connectivity index (χ0) is 9.12. The van der Waals surface area contributed by atoms with E-state index in [9.17, 15) is 0 Å². The Morgan fingerprint density at radius 1 is 0.714 bits per heavy atom. The van der Waals surface area contributed by atoms with Crippen LogP contribution in [0.25, 0.3) is 29.0 Å². The van der Waals surface area contributed by atoms with Crippen molar-refractivity contribution in [1.82, 2.24) is 0 Å². The molecule has 0 fully saturated rings. The monoisotopic (exact) mass is 175 g/mol. The standard InChI is InChI=1S/C14H7/c1-2-10-7-8-12-4-3-11-6-5-9(1)13(10)14(11)12/h1-3,5-8H. The van der Waals surface area contributed by atoms with Crippen LogP contribution in [0.3, 0.4) is 0 Å². The molecule has 0 nitrogen and oxygen atoms in total. The van der Waals surface area contributed by atoms with Gasteiger partial charge in [0.15, 0.2) is 0 Å². The van der Waals surface area contributed by atoms with E-state index in [-0.39, 0.29) is 0 Å². The largest absolute Gasteiger partial charge is 0.0537 e. The zero-order valence-electron chi connectivity index (χ0n) is 7.54. The van der Waals surface area contributed by atoms with Crippen LogP contribution in [-0.4, -0.2) is 0 Å². The predicted molar refractivity (Wildman–Crippen MR) is 59.7 cm³/mol. The van der Waals surface area contributed by atoms with Crippen LogP contribution >= 0.6 is 0 Å². The maximum Gasteiger partial charge on any atom is -0.00203 e. The van der Waals surface area contributed by atoms with Crippen molar-refractivity contribution in [1.29, 1.82) is 0 Å². The van der Waals surface area contributed by atoms with Gasteiger partial charge in [-0.25, -0.2) is 0 Å². The van der Waals surface area contributed by atoms with Gasteiger partial charge in [-0.05, 0) is 45.2 Å². The average Bonchev–Trinajstić information content (AvgIpc) is 2.77. The van der Waals surface area contributed by atoms with E-state index in [1.165, 1.54) is 33.0 Å². The number of hydrogen-bond donors (Lipinski definition) is 0. The summed E-state index contributed by atoms with van der Waals surface area (Å²) < 4.78 is 0. The lowest BCUT2D eigenvalue weighted by atomic mass is 9.99. The van der Waals surface area contributed by atoms with Gasteiger partial charge in [-0.2, -0.15) is 0 Å². The molecule has 0 N–H and O–H groups in total. The maximum atomic E-state index is 3.30. The third-order valence-corrected chi connectivity index (χ3v) is 3.08. The molecule has 4 rings (SSSR count). The number of benzene rings is 2. The molecule has 0 unspecified atom stereocenters. The topological polar surface area (TPSA) is 0 Å². The highest BCUT2D eigenvalue weighted by molar-refractivity contribution is 6.10. The molecule has 1 radical (unpaired) electrons. The van der Waals surface area contributed by atoms with Crippen molar-refractivity contribution in [3.8, 4) is 0 Å². The molecule has 2 aromatic carbocycles. The molecule has 0 saturated heterocycles. The van der Waals surface area contributed by atoms with E-state index in [1.807, 2.05) is 0 Å². The molecule has 0 heterocycles. The summed E-state index contributed by atoms with van der Waals surface area (Å²) in [6.07, 6.45) is 9.77. The van der Waals surface area contributed by atoms with Crippen LogP contribution < -0.4 is 0 Å². The lowest BCUT2D eigenvalue weighted by Crippen LogP contribution is -1.82. The van der Waals surface area contributed by atoms with Crippen LogP contribution in [0.5, 0.6) is 0 Å². The van der Waals surface area contributed by atoms with Gasteiger partial charge >= 0.3 is 0 Å². The molecular formula is C14H7. The summed E-state index contributed by atoms with van der Waals surface area (Å²) in [5, 5.41) is 2.78. The molecule has 0 bridgehead atoms. The van der Waals surface area contributed by atoms with Crippen LogP contribution in [0.2, 0.25) is 0 Å². The fraction of sp³-hybridized carbons (Fsp3) is 0. The van der Waals surface area contributed by atoms with Crippen molar-refractivity contribution < 1.29 is 0 Å². The van der Waals surface area contributed by atoms with Gasteiger partial charge in [0, 0.05) is 0 Å². The molecule has 0 aliphatic heterocycles. The van der Waals surface area contributed by atoms with E-state index < -0.39 is 0 Å². The first kappa shape index (κ1) is 6.61. The second kappa shape index (κ2) is 1.98. The highest BCUT2D eigenvalue weighted by Gasteiger charge is 2.15. The number of rotatable bonds is 0. The molecule has 0 atom stereocenters. The minimum atomic E-state index is 1.24. The summed E-state index contributed by atoms with van der Waals surface area (Å²) in [5.74, 6) is 0. The van der Waals surface area contributed by atoms with Gasteiger partial charge in [-0.15, -0.1) is 0 Å². The summed E-state index contributed by atoms with van der Waals surface area (Å²) in [6, 6.07) is 8.71. The van der Waals surface area contributed by atoms with E-state index in [0.29, 0.717) is 0 Å². The van der Waals surface area contributed by atoms with Crippen molar-refractivity contribution in [3.05, 3.63) is 52.6 Å². The van der Waals surface area contributed by atoms with Crippen molar-refractivity contribution in [2.24, 2.45) is 0 Å². The Bertz CT molecular complexity index is 521. The van der Waals surface area contributed by atoms with Crippen LogP contribution in [-0.2, 0) is 0 Å². The van der Waals surface area contributed by atoms with Gasteiger partial charge in [0.1, 0.15) is 0 Å². The van der Waals surface area contributed by atoms with Crippen molar-refractivity contribution in [3.63, 3.8) is 0 Å². The van der Waals surface area contributed by atoms with Crippen molar-refractivity contribution in [2.45, 2.75) is 0 Å². The highest BCUT2D eigenvalue weighted by Crippen LogP contribution is 2.38. The van der Waals surface area contributed by atoms with Crippen LogP contribution in [0.4, 0.5) is 0 Å². The van der Waals surface area contributed by atoms with Gasteiger partial charge in [-0.3, -0.25) is 0 Å². The molecule has 0 amide bonds. The Morgan fingerprint density at radius 3 is 2.29 bits per heavy atom. The van der Waals surface area contributed by atoms with Gasteiger partial charge in [0.2, 0.25) is 0 Å². The van der Waals surface area contributed by atoms with E-state index in [0.717, 1.165) is 0 Å². The van der Waals surface area contributed by atoms with Crippen LogP contribution in [0.1, 0.15) is 22.3 Å². The lowest BCUT2D eigenvalue weighted by Gasteiger charge is -2.04. The third-order valence-electron chi connectivity index (χ3n) is 3.08. The highest BCUT2D eigenvalue weighted by atomic mass is 14.2. The second-order valence-corrected chi connectivity index (χ2v) is 3.82. The second-order valence-electron chi connectivity index (χ2n) is 3.82. The molecule has 0 spiro atoms. The first-order valence-corrected chi connectivity index (χ1v) is 4.81. The third kappa shape index (κ3) is 0.589. The zero-order valence-corrected chi connectivity index (χ0v) is 7.54. The molecule has 2 aromatic rings. The van der Waals surface area contributed by atoms with Crippen LogP contribution in [0.15, 0.2) is 24.3 Å². The molecule has 0 heteroatoms. The first-order valence-electron chi connectivity index (χ1n) is 4.81. The Morgan fingerprint density at radius 2 is 1.43 bits per heavy atom. The molecule has 63 valence electrons. The molecule has 14 heavy (non-hydrogen) atoms. The summed E-state index contributed by atoms with van der Waals surface area (Å²) in [5.41, 5.74) is 5.24. The minimum Gasteiger partial charge on any atom is -0.0537 e. The van der Waals surface area contributed by atoms with Gasteiger partial charge in [-0.1, -0.05) is 36.4 Å². The van der Waals surface area contributed by atoms with Crippen LogP contribution in [0, 0.1) is 6.08 Å². The van der Waals surface area contributed by atoms with E-state index in [2.05, 4.69) is 48.6 Å². The Balaban J connectivity index is 2.41. The molecule has 0 aromatic heterocycles. The Hall–Kier alpha value is -1.82. The van der Waals surface area contributed by atoms with E-state index in [1.54, 1.807) is 0 Å². The number of hydrogen-bond acceptors (Lipinski definition) is 0. The fourth-order valence-corrected chi connectivity index (χ4v) is 2.43. The van der Waals surface area contributed by atoms with Gasteiger partial charge < -0.3 is 0 Å². The first-order chi connectivity index (χ1) is 6.93. The van der Waals surface area contributed by atoms with Gasteiger partial charge in [0.25, 0.3) is 0 Å². The fourth-order valence-electron chi connectivity index (χ4n) is 2.43. The molecule has 0 saturated carbocycles. The SMILES string of the molecule is [C]1=Cc2ccc3c4c(ccc1c24)C=C3. The van der Waals surface area contributed by atoms with E-state index >= 15 is 0 Å². The maximum absolute atomic E-state index is 3.30. The Labute approximate surface area is 82.2 Å². The summed E-state index contributed by atoms with van der Waals surface area (Å²) in [7, 11) is 0. The predicted octanol–water partition coefficient (Wildman–Crippen LogP) is 3.50. The normalized spacial score (nSPS) is 14.6. The van der Waals surface area contributed by atoms with E-state index in [4.69, 9.17) is 0 Å².